The number of halogens is 4. The molecule has 32 heavy (non-hydrogen) atoms. The van der Waals surface area contributed by atoms with Crippen molar-refractivity contribution in [3.05, 3.63) is 59.4 Å². The van der Waals surface area contributed by atoms with Gasteiger partial charge in [-0.2, -0.15) is 23.2 Å². The Hall–Kier alpha value is -3.20. The molecule has 1 aliphatic carbocycles. The van der Waals surface area contributed by atoms with Crippen LogP contribution in [-0.2, 0) is 10.0 Å². The summed E-state index contributed by atoms with van der Waals surface area (Å²) >= 11 is 6.04. The predicted molar refractivity (Wildman–Crippen MR) is 112 cm³/mol. The van der Waals surface area contributed by atoms with Crippen molar-refractivity contribution in [1.29, 1.82) is 5.26 Å². The molecule has 0 spiro atoms. The van der Waals surface area contributed by atoms with E-state index < -0.39 is 27.1 Å². The van der Waals surface area contributed by atoms with Crippen LogP contribution in [-0.4, -0.2) is 35.2 Å². The molecule has 0 fully saturated rings. The molecule has 164 valence electrons. The predicted octanol–water partition coefficient (Wildman–Crippen LogP) is 4.26. The van der Waals surface area contributed by atoms with Crippen LogP contribution in [0.4, 0.5) is 13.2 Å². The summed E-state index contributed by atoms with van der Waals surface area (Å²) in [5, 5.41) is 10.5. The van der Waals surface area contributed by atoms with Crippen molar-refractivity contribution in [1.82, 2.24) is 19.3 Å². The van der Waals surface area contributed by atoms with Crippen molar-refractivity contribution in [3.8, 4) is 17.5 Å². The molecule has 0 radical (unpaired) electrons. The molecule has 0 bridgehead atoms. The fraction of sp³-hybridized carbons (Fsp3) is 0.150. The Kier molecular flexibility index (Phi) is 5.32. The average molecular weight is 480 g/mol. The minimum absolute atomic E-state index is 0.218. The second kappa shape index (κ2) is 7.74. The smallest absolute Gasteiger partial charge is 0.291 e. The molecular weight excluding hydrogens is 467 g/mol. The largest absolute Gasteiger partial charge is 0.404 e. The SMILES string of the molecule is C[C@@H](NS(=O)(=O)c1ccc(-c2c(C#N)c3ccc(Cl)nc3n2C2=CC=C2)nc1)C(F)(F)F. The zero-order chi connectivity index (χ0) is 23.3. The van der Waals surface area contributed by atoms with E-state index in [2.05, 4.69) is 16.0 Å². The highest BCUT2D eigenvalue weighted by Crippen LogP contribution is 2.36. The Morgan fingerprint density at radius 1 is 1.25 bits per heavy atom. The first kappa shape index (κ1) is 22.0. The normalized spacial score (nSPS) is 14.7. The van der Waals surface area contributed by atoms with Crippen molar-refractivity contribution < 1.29 is 21.6 Å². The maximum Gasteiger partial charge on any atom is 0.404 e. The van der Waals surface area contributed by atoms with E-state index in [-0.39, 0.29) is 16.4 Å². The number of alkyl halides is 3. The zero-order valence-electron chi connectivity index (χ0n) is 16.2. The van der Waals surface area contributed by atoms with Crippen molar-refractivity contribution in [2.24, 2.45) is 0 Å². The number of hydrogen-bond donors (Lipinski definition) is 1. The van der Waals surface area contributed by atoms with Gasteiger partial charge in [0.25, 0.3) is 0 Å². The third-order valence-corrected chi connectivity index (χ3v) is 6.54. The second-order valence-electron chi connectivity index (χ2n) is 6.89. The van der Waals surface area contributed by atoms with Gasteiger partial charge in [0.05, 0.1) is 17.0 Å². The number of rotatable bonds is 5. The maximum absolute atomic E-state index is 12.8. The molecule has 0 aliphatic heterocycles. The quantitative estimate of drug-likeness (QED) is 0.551. The van der Waals surface area contributed by atoms with Gasteiger partial charge in [-0.15, -0.1) is 0 Å². The van der Waals surface area contributed by atoms with Crippen LogP contribution in [0.5, 0.6) is 0 Å². The van der Waals surface area contributed by atoms with Crippen LogP contribution in [0.1, 0.15) is 12.5 Å². The first-order valence-corrected chi connectivity index (χ1v) is 10.9. The number of hydrogen-bond acceptors (Lipinski definition) is 5. The number of fused-ring (bicyclic) bond motifs is 1. The van der Waals surface area contributed by atoms with E-state index in [4.69, 9.17) is 11.6 Å². The molecule has 1 aliphatic rings. The van der Waals surface area contributed by atoms with Gasteiger partial charge in [0.2, 0.25) is 10.0 Å². The lowest BCUT2D eigenvalue weighted by Gasteiger charge is -2.17. The summed E-state index contributed by atoms with van der Waals surface area (Å²) < 4.78 is 66.1. The molecule has 4 rings (SSSR count). The summed E-state index contributed by atoms with van der Waals surface area (Å²) in [4.78, 5) is 7.99. The van der Waals surface area contributed by atoms with E-state index in [1.807, 2.05) is 0 Å². The van der Waals surface area contributed by atoms with Gasteiger partial charge in [0.15, 0.2) is 0 Å². The lowest BCUT2D eigenvalue weighted by atomic mass is 10.1. The summed E-state index contributed by atoms with van der Waals surface area (Å²) in [7, 11) is -4.46. The topological polar surface area (TPSA) is 101 Å². The lowest BCUT2D eigenvalue weighted by molar-refractivity contribution is -0.147. The highest BCUT2D eigenvalue weighted by Gasteiger charge is 2.39. The molecular formula is C20H13ClF3N5O2S. The Morgan fingerprint density at radius 3 is 2.50 bits per heavy atom. The molecule has 7 nitrogen and oxygen atoms in total. The van der Waals surface area contributed by atoms with Gasteiger partial charge in [-0.1, -0.05) is 17.7 Å². The third kappa shape index (κ3) is 3.77. The summed E-state index contributed by atoms with van der Waals surface area (Å²) in [6, 6.07) is 5.48. The van der Waals surface area contributed by atoms with Crippen LogP contribution in [0.2, 0.25) is 5.15 Å². The molecule has 0 saturated carbocycles. The molecule has 1 atom stereocenters. The molecule has 0 amide bonds. The van der Waals surface area contributed by atoms with Gasteiger partial charge in [0.1, 0.15) is 27.8 Å². The molecule has 0 aromatic carbocycles. The van der Waals surface area contributed by atoms with Gasteiger partial charge in [-0.3, -0.25) is 9.55 Å². The number of sulfonamides is 1. The van der Waals surface area contributed by atoms with Gasteiger partial charge in [0, 0.05) is 17.3 Å². The minimum Gasteiger partial charge on any atom is -0.291 e. The average Bonchev–Trinajstić information content (AvgIpc) is 2.99. The fourth-order valence-electron chi connectivity index (χ4n) is 3.12. The van der Waals surface area contributed by atoms with E-state index in [1.165, 1.54) is 6.07 Å². The number of allylic oxidation sites excluding steroid dienone is 4. The van der Waals surface area contributed by atoms with E-state index in [9.17, 15) is 26.9 Å². The highest BCUT2D eigenvalue weighted by molar-refractivity contribution is 7.89. The molecule has 3 aromatic heterocycles. The number of aromatic nitrogens is 3. The van der Waals surface area contributed by atoms with Crippen LogP contribution in [0, 0.1) is 11.3 Å². The zero-order valence-corrected chi connectivity index (χ0v) is 17.8. The van der Waals surface area contributed by atoms with Crippen molar-refractivity contribution in [2.45, 2.75) is 24.0 Å². The molecule has 3 heterocycles. The van der Waals surface area contributed by atoms with Crippen molar-refractivity contribution in [2.75, 3.05) is 0 Å². The Balaban J connectivity index is 1.82. The number of nitrogens with one attached hydrogen (secondary N) is 1. The molecule has 0 unspecified atom stereocenters. The lowest BCUT2D eigenvalue weighted by Crippen LogP contribution is -2.42. The number of nitrogens with zero attached hydrogens (tertiary/aromatic N) is 4. The fourth-order valence-corrected chi connectivity index (χ4v) is 4.44. The summed E-state index contributed by atoms with van der Waals surface area (Å²) in [5.41, 5.74) is 1.96. The first-order chi connectivity index (χ1) is 15.0. The van der Waals surface area contributed by atoms with Crippen molar-refractivity contribution >= 4 is 38.4 Å². The molecule has 3 aromatic rings. The molecule has 0 saturated heterocycles. The van der Waals surface area contributed by atoms with Crippen LogP contribution >= 0.6 is 11.6 Å². The van der Waals surface area contributed by atoms with Gasteiger partial charge < -0.3 is 0 Å². The van der Waals surface area contributed by atoms with E-state index in [0.29, 0.717) is 29.3 Å². The monoisotopic (exact) mass is 479 g/mol. The van der Waals surface area contributed by atoms with Gasteiger partial charge in [-0.05, 0) is 43.3 Å². The van der Waals surface area contributed by atoms with Crippen molar-refractivity contribution in [3.63, 3.8) is 0 Å². The van der Waals surface area contributed by atoms with Gasteiger partial charge in [-0.25, -0.2) is 13.4 Å². The number of pyridine rings is 2. The van der Waals surface area contributed by atoms with Crippen LogP contribution in [0.15, 0.2) is 53.6 Å². The van der Waals surface area contributed by atoms with Crippen LogP contribution in [0.25, 0.3) is 28.1 Å². The van der Waals surface area contributed by atoms with E-state index in [1.54, 1.807) is 39.6 Å². The Morgan fingerprint density at radius 2 is 1.97 bits per heavy atom. The summed E-state index contributed by atoms with van der Waals surface area (Å²) in [6.07, 6.45) is 1.57. The first-order valence-electron chi connectivity index (χ1n) is 9.08. The number of nitriles is 1. The Labute approximate surface area is 185 Å². The summed E-state index contributed by atoms with van der Waals surface area (Å²) in [6.45, 7) is 0.703. The molecule has 12 heteroatoms. The van der Waals surface area contributed by atoms with Gasteiger partial charge >= 0.3 is 6.18 Å². The minimum atomic E-state index is -4.73. The molecule has 1 N–H and O–H groups in total. The summed E-state index contributed by atoms with van der Waals surface area (Å²) in [5.74, 6) is 0. The van der Waals surface area contributed by atoms with E-state index in [0.717, 1.165) is 12.3 Å². The van der Waals surface area contributed by atoms with Crippen LogP contribution < -0.4 is 4.72 Å². The highest BCUT2D eigenvalue weighted by atomic mass is 35.5. The maximum atomic E-state index is 12.8. The van der Waals surface area contributed by atoms with E-state index >= 15 is 0 Å². The standard InChI is InChI=1S/C20H13ClF3N5O2S/c1-11(20(22,23)24)28-32(30,31)13-5-7-16(26-10-13)18-15(9-25)14-6-8-17(21)27-19(14)29(18)12-3-2-4-12/h2-8,10-11,28H,1H3/t11-/m1/s1. The second-order valence-corrected chi connectivity index (χ2v) is 8.99. The third-order valence-electron chi connectivity index (χ3n) is 4.80. The van der Waals surface area contributed by atoms with Crippen LogP contribution in [0.3, 0.4) is 0 Å². The Bertz CT molecular complexity index is 1440.